The summed E-state index contributed by atoms with van der Waals surface area (Å²) in [5, 5.41) is 2.88. The predicted octanol–water partition coefficient (Wildman–Crippen LogP) is 4.63. The maximum absolute atomic E-state index is 13.2. The summed E-state index contributed by atoms with van der Waals surface area (Å²) in [4.78, 5) is 16.9. The Kier molecular flexibility index (Phi) is 7.92. The minimum absolute atomic E-state index is 0.195. The topological polar surface area (TPSA) is 83.8 Å². The van der Waals surface area contributed by atoms with Gasteiger partial charge in [0.05, 0.1) is 10.5 Å². The summed E-state index contributed by atoms with van der Waals surface area (Å²) in [6.07, 6.45) is 8.81. The molecular weight excluding hydrogens is 436 g/mol. The Hall–Kier alpha value is -2.71. The van der Waals surface area contributed by atoms with E-state index in [-0.39, 0.29) is 11.4 Å². The molecule has 0 radical (unpaired) electrons. The Labute approximate surface area is 196 Å². The number of amides is 1. The molecule has 0 aliphatic carbocycles. The van der Waals surface area contributed by atoms with Crippen molar-refractivity contribution in [1.82, 2.24) is 19.0 Å². The maximum Gasteiger partial charge on any atom is 0.253 e. The van der Waals surface area contributed by atoms with E-state index in [9.17, 15) is 13.2 Å². The summed E-state index contributed by atoms with van der Waals surface area (Å²) < 4.78 is 29.9. The van der Waals surface area contributed by atoms with Crippen LogP contribution in [0, 0.1) is 0 Å². The number of carbonyl (C=O) groups excluding carboxylic acids is 1. The second-order valence-corrected chi connectivity index (χ2v) is 10.2. The smallest absolute Gasteiger partial charge is 0.253 e. The molecule has 1 atom stereocenters. The third-order valence-corrected chi connectivity index (χ3v) is 8.15. The Bertz CT molecular complexity index is 1190. The first kappa shape index (κ1) is 24.9. The van der Waals surface area contributed by atoms with Crippen LogP contribution in [0.25, 0.3) is 5.65 Å². The van der Waals surface area contributed by atoms with E-state index in [2.05, 4.69) is 17.2 Å². The fourth-order valence-electron chi connectivity index (χ4n) is 4.44. The summed E-state index contributed by atoms with van der Waals surface area (Å²) in [6.45, 7) is 9.02. The van der Waals surface area contributed by atoms with Crippen molar-refractivity contribution in [1.29, 1.82) is 0 Å². The van der Waals surface area contributed by atoms with Crippen molar-refractivity contribution in [3.05, 3.63) is 66.1 Å². The standard InChI is InChI=1S/C23H28N4O3S.C2H6/c1-3-11-23(2)12-4-14-27(23)31(29,30)20-8-5-18(6-9-20)16-25-22(28)19-7-10-21-24-13-15-26(21)17-19;1-2/h5-10,13,15,17H,3-4,11-12,14,16H2,1-2H3,(H,25,28);1-2H3. The van der Waals surface area contributed by atoms with E-state index in [1.165, 1.54) is 0 Å². The van der Waals surface area contributed by atoms with E-state index in [1.807, 2.05) is 20.8 Å². The molecule has 1 aromatic carbocycles. The van der Waals surface area contributed by atoms with Crippen LogP contribution in [0.1, 0.15) is 69.3 Å². The normalized spacial score (nSPS) is 18.7. The number of nitrogens with one attached hydrogen (secondary N) is 1. The van der Waals surface area contributed by atoms with Gasteiger partial charge in [-0.15, -0.1) is 0 Å². The maximum atomic E-state index is 13.2. The van der Waals surface area contributed by atoms with Gasteiger partial charge >= 0.3 is 0 Å². The molecule has 1 unspecified atom stereocenters. The third-order valence-electron chi connectivity index (χ3n) is 6.08. The fourth-order valence-corrected chi connectivity index (χ4v) is 6.31. The largest absolute Gasteiger partial charge is 0.348 e. The van der Waals surface area contributed by atoms with Gasteiger partial charge in [-0.25, -0.2) is 13.4 Å². The molecule has 1 aliphatic rings. The number of pyridine rings is 1. The molecule has 1 aliphatic heterocycles. The first-order valence-corrected chi connectivity index (χ1v) is 13.1. The lowest BCUT2D eigenvalue weighted by Crippen LogP contribution is -2.44. The second kappa shape index (κ2) is 10.5. The minimum atomic E-state index is -3.54. The monoisotopic (exact) mass is 470 g/mol. The number of hydrogen-bond acceptors (Lipinski definition) is 4. The van der Waals surface area contributed by atoms with Crippen molar-refractivity contribution in [3.8, 4) is 0 Å². The van der Waals surface area contributed by atoms with Crippen LogP contribution >= 0.6 is 0 Å². The molecule has 1 fully saturated rings. The molecule has 2 aromatic heterocycles. The van der Waals surface area contributed by atoms with Crippen molar-refractivity contribution in [2.75, 3.05) is 6.54 Å². The van der Waals surface area contributed by atoms with Gasteiger partial charge in [0.15, 0.2) is 0 Å². The number of fused-ring (bicyclic) bond motifs is 1. The van der Waals surface area contributed by atoms with Crippen LogP contribution in [-0.4, -0.2) is 40.1 Å². The van der Waals surface area contributed by atoms with Crippen LogP contribution in [0.2, 0.25) is 0 Å². The van der Waals surface area contributed by atoms with Gasteiger partial charge in [0.2, 0.25) is 10.0 Å². The summed E-state index contributed by atoms with van der Waals surface area (Å²) >= 11 is 0. The average Bonchev–Trinajstić information content (AvgIpc) is 3.45. The van der Waals surface area contributed by atoms with Gasteiger partial charge in [0.1, 0.15) is 5.65 Å². The second-order valence-electron chi connectivity index (χ2n) is 8.36. The van der Waals surface area contributed by atoms with E-state index in [1.54, 1.807) is 63.7 Å². The van der Waals surface area contributed by atoms with Crippen LogP contribution in [-0.2, 0) is 16.6 Å². The molecular formula is C25H34N4O3S. The van der Waals surface area contributed by atoms with E-state index < -0.39 is 10.0 Å². The molecule has 0 saturated carbocycles. The van der Waals surface area contributed by atoms with Crippen molar-refractivity contribution in [3.63, 3.8) is 0 Å². The summed E-state index contributed by atoms with van der Waals surface area (Å²) in [5.41, 5.74) is 1.85. The number of benzene rings is 1. The molecule has 33 heavy (non-hydrogen) atoms. The van der Waals surface area contributed by atoms with Crippen LogP contribution in [0.3, 0.4) is 0 Å². The zero-order valence-corrected chi connectivity index (χ0v) is 20.7. The molecule has 3 aromatic rings. The number of aromatic nitrogens is 2. The summed E-state index contributed by atoms with van der Waals surface area (Å²) in [7, 11) is -3.54. The number of carbonyl (C=O) groups is 1. The van der Waals surface area contributed by atoms with E-state index in [0.29, 0.717) is 23.5 Å². The Morgan fingerprint density at radius 3 is 2.58 bits per heavy atom. The van der Waals surface area contributed by atoms with Crippen LogP contribution in [0.4, 0.5) is 0 Å². The third kappa shape index (κ3) is 5.28. The zero-order valence-electron chi connectivity index (χ0n) is 19.9. The highest BCUT2D eigenvalue weighted by Gasteiger charge is 2.43. The van der Waals surface area contributed by atoms with E-state index in [4.69, 9.17) is 0 Å². The Morgan fingerprint density at radius 2 is 1.88 bits per heavy atom. The van der Waals surface area contributed by atoms with Gasteiger partial charge in [0.25, 0.3) is 5.91 Å². The highest BCUT2D eigenvalue weighted by atomic mass is 32.2. The average molecular weight is 471 g/mol. The van der Waals surface area contributed by atoms with Crippen molar-refractivity contribution in [2.45, 2.75) is 70.4 Å². The van der Waals surface area contributed by atoms with Gasteiger partial charge in [-0.1, -0.05) is 39.3 Å². The van der Waals surface area contributed by atoms with Crippen molar-refractivity contribution < 1.29 is 13.2 Å². The zero-order chi connectivity index (χ0) is 24.1. The van der Waals surface area contributed by atoms with Crippen molar-refractivity contribution in [2.24, 2.45) is 0 Å². The van der Waals surface area contributed by atoms with Crippen LogP contribution < -0.4 is 5.32 Å². The molecule has 8 heteroatoms. The summed E-state index contributed by atoms with van der Waals surface area (Å²) in [5.74, 6) is -0.195. The first-order valence-electron chi connectivity index (χ1n) is 11.7. The molecule has 7 nitrogen and oxygen atoms in total. The number of rotatable bonds is 7. The van der Waals surface area contributed by atoms with Crippen molar-refractivity contribution >= 4 is 21.6 Å². The van der Waals surface area contributed by atoms with Crippen LogP contribution in [0.15, 0.2) is 59.9 Å². The molecule has 0 bridgehead atoms. The molecule has 178 valence electrons. The highest BCUT2D eigenvalue weighted by Crippen LogP contribution is 2.37. The molecule has 0 spiro atoms. The van der Waals surface area contributed by atoms with Gasteiger partial charge in [-0.2, -0.15) is 4.31 Å². The first-order chi connectivity index (χ1) is 15.8. The number of hydrogen-bond donors (Lipinski definition) is 1. The number of nitrogens with zero attached hydrogens (tertiary/aromatic N) is 3. The Balaban J connectivity index is 0.00000149. The SMILES string of the molecule is CC.CCCC1(C)CCCN1S(=O)(=O)c1ccc(CNC(=O)c2ccc3nccn3c2)cc1. The minimum Gasteiger partial charge on any atom is -0.348 e. The van der Waals surface area contributed by atoms with E-state index >= 15 is 0 Å². The lowest BCUT2D eigenvalue weighted by atomic mass is 9.95. The van der Waals surface area contributed by atoms with E-state index in [0.717, 1.165) is 36.9 Å². The molecule has 3 heterocycles. The molecule has 1 saturated heterocycles. The van der Waals surface area contributed by atoms with Gasteiger partial charge < -0.3 is 9.72 Å². The lowest BCUT2D eigenvalue weighted by molar-refractivity contribution is 0.0950. The molecule has 1 amide bonds. The van der Waals surface area contributed by atoms with Gasteiger partial charge in [-0.3, -0.25) is 4.79 Å². The predicted molar refractivity (Wildman–Crippen MR) is 131 cm³/mol. The molecule has 4 rings (SSSR count). The fraction of sp³-hybridized carbons (Fsp3) is 0.440. The van der Waals surface area contributed by atoms with Crippen LogP contribution in [0.5, 0.6) is 0 Å². The number of imidazole rings is 1. The Morgan fingerprint density at radius 1 is 1.15 bits per heavy atom. The lowest BCUT2D eigenvalue weighted by Gasteiger charge is -2.34. The quantitative estimate of drug-likeness (QED) is 0.545. The number of sulfonamides is 1. The summed E-state index contributed by atoms with van der Waals surface area (Å²) in [6, 6.07) is 10.3. The molecule has 1 N–H and O–H groups in total. The van der Waals surface area contributed by atoms with Gasteiger partial charge in [0, 0.05) is 37.2 Å². The highest BCUT2D eigenvalue weighted by molar-refractivity contribution is 7.89. The van der Waals surface area contributed by atoms with Gasteiger partial charge in [-0.05, 0) is 56.0 Å².